The Morgan fingerprint density at radius 3 is 2.12 bits per heavy atom. The highest BCUT2D eigenvalue weighted by atomic mass is 32.3. The molecule has 100 valence electrons. The van der Waals surface area contributed by atoms with E-state index in [-0.39, 0.29) is 0 Å². The van der Waals surface area contributed by atoms with Crippen LogP contribution in [0.3, 0.4) is 0 Å². The minimum Gasteiger partial charge on any atom is -0.479 e. The van der Waals surface area contributed by atoms with Crippen molar-refractivity contribution >= 4 is 16.4 Å². The van der Waals surface area contributed by atoms with Gasteiger partial charge in [-0.05, 0) is 0 Å². The van der Waals surface area contributed by atoms with Crippen molar-refractivity contribution in [2.75, 3.05) is 0 Å². The molecule has 1 fully saturated rings. The molecule has 0 saturated carbocycles. The van der Waals surface area contributed by atoms with Crippen LogP contribution in [0.15, 0.2) is 0 Å². The minimum atomic E-state index is -5.01. The molecule has 1 saturated heterocycles. The Bertz CT molecular complexity index is 390. The molecule has 1 rings (SSSR count). The van der Waals surface area contributed by atoms with Crippen LogP contribution < -0.4 is 0 Å². The number of carboxylic acids is 1. The molecule has 1 aliphatic heterocycles. The number of aliphatic hydroxyl groups is 3. The normalized spacial score (nSPS) is 38.9. The maximum atomic E-state index is 10.5. The van der Waals surface area contributed by atoms with Crippen LogP contribution in [-0.4, -0.2) is 70.1 Å². The van der Waals surface area contributed by atoms with E-state index < -0.39 is 47.1 Å². The van der Waals surface area contributed by atoms with Crippen LogP contribution in [0.5, 0.6) is 0 Å². The lowest BCUT2D eigenvalue weighted by molar-refractivity contribution is -0.274. The first-order valence-corrected chi connectivity index (χ1v) is 5.58. The lowest BCUT2D eigenvalue weighted by Gasteiger charge is -2.37. The van der Waals surface area contributed by atoms with Gasteiger partial charge in [0, 0.05) is 0 Å². The number of carboxylic acid groups (broad SMARTS) is 1. The number of rotatable bonds is 3. The lowest BCUT2D eigenvalue weighted by atomic mass is 9.99. The van der Waals surface area contributed by atoms with Gasteiger partial charge in [0.25, 0.3) is 0 Å². The average molecular weight is 274 g/mol. The largest absolute Gasteiger partial charge is 0.479 e. The summed E-state index contributed by atoms with van der Waals surface area (Å²) in [5.41, 5.74) is 0. The third-order valence-electron chi connectivity index (χ3n) is 2.04. The fraction of sp³-hybridized carbons (Fsp3) is 0.833. The summed E-state index contributed by atoms with van der Waals surface area (Å²) in [6.07, 6.45) is -10.2. The van der Waals surface area contributed by atoms with Gasteiger partial charge in [0.2, 0.25) is 0 Å². The van der Waals surface area contributed by atoms with E-state index >= 15 is 0 Å². The highest BCUT2D eigenvalue weighted by Crippen LogP contribution is 2.23. The van der Waals surface area contributed by atoms with Crippen molar-refractivity contribution in [3.8, 4) is 0 Å². The molecule has 10 nitrogen and oxygen atoms in total. The second kappa shape index (κ2) is 4.81. The average Bonchev–Trinajstić information content (AvgIpc) is 2.16. The van der Waals surface area contributed by atoms with Crippen molar-refractivity contribution in [3.63, 3.8) is 0 Å². The van der Waals surface area contributed by atoms with Crippen molar-refractivity contribution in [3.05, 3.63) is 0 Å². The van der Waals surface area contributed by atoms with E-state index in [9.17, 15) is 28.5 Å². The second-order valence-electron chi connectivity index (χ2n) is 3.26. The molecule has 0 aromatic heterocycles. The fourth-order valence-corrected chi connectivity index (χ4v) is 1.79. The number of ether oxygens (including phenoxy) is 1. The van der Waals surface area contributed by atoms with Gasteiger partial charge in [-0.25, -0.2) is 8.98 Å². The third-order valence-corrected chi connectivity index (χ3v) is 2.51. The molecule has 0 aliphatic carbocycles. The van der Waals surface area contributed by atoms with Crippen molar-refractivity contribution in [1.29, 1.82) is 0 Å². The predicted octanol–water partition coefficient (Wildman–Crippen LogP) is -3.30. The summed E-state index contributed by atoms with van der Waals surface area (Å²) >= 11 is 0. The number of aliphatic carboxylic acids is 1. The smallest absolute Gasteiger partial charge is 0.397 e. The molecule has 1 aliphatic rings. The van der Waals surface area contributed by atoms with Gasteiger partial charge in [0.1, 0.15) is 12.2 Å². The van der Waals surface area contributed by atoms with Gasteiger partial charge in [0.05, 0.1) is 0 Å². The monoisotopic (exact) mass is 274 g/mol. The predicted molar refractivity (Wildman–Crippen MR) is 47.0 cm³/mol. The summed E-state index contributed by atoms with van der Waals surface area (Å²) in [5, 5.41) is 36.3. The van der Waals surface area contributed by atoms with Crippen LogP contribution >= 0.6 is 0 Å². The number of hydrogen-bond acceptors (Lipinski definition) is 8. The van der Waals surface area contributed by atoms with E-state index in [0.29, 0.717) is 0 Å². The van der Waals surface area contributed by atoms with E-state index in [4.69, 9.17) is 9.66 Å². The molecule has 11 heteroatoms. The third kappa shape index (κ3) is 3.32. The molecule has 5 atom stereocenters. The number of aliphatic hydroxyl groups excluding tert-OH is 3. The first-order chi connectivity index (χ1) is 7.63. The van der Waals surface area contributed by atoms with Crippen LogP contribution in [0.4, 0.5) is 0 Å². The molecule has 0 bridgehead atoms. The van der Waals surface area contributed by atoms with E-state index in [1.807, 2.05) is 0 Å². The van der Waals surface area contributed by atoms with Crippen LogP contribution in [-0.2, 0) is 24.1 Å². The quantitative estimate of drug-likeness (QED) is 0.328. The summed E-state index contributed by atoms with van der Waals surface area (Å²) in [7, 11) is -5.01. The zero-order chi connectivity index (χ0) is 13.4. The fourth-order valence-electron chi connectivity index (χ4n) is 1.30. The summed E-state index contributed by atoms with van der Waals surface area (Å²) in [6, 6.07) is 0. The van der Waals surface area contributed by atoms with Gasteiger partial charge >= 0.3 is 16.4 Å². The molecule has 0 aromatic carbocycles. The van der Waals surface area contributed by atoms with Crippen molar-refractivity contribution in [1.82, 2.24) is 0 Å². The van der Waals surface area contributed by atoms with Crippen molar-refractivity contribution in [2.45, 2.75) is 30.7 Å². The van der Waals surface area contributed by atoms with E-state index in [2.05, 4.69) is 8.92 Å². The Hall–Kier alpha value is -0.820. The molecule has 0 unspecified atom stereocenters. The summed E-state index contributed by atoms with van der Waals surface area (Å²) < 4.78 is 37.3. The maximum absolute atomic E-state index is 10.5. The zero-order valence-corrected chi connectivity index (χ0v) is 8.89. The van der Waals surface area contributed by atoms with Crippen LogP contribution in [0.1, 0.15) is 0 Å². The zero-order valence-electron chi connectivity index (χ0n) is 8.07. The molecule has 5 N–H and O–H groups in total. The Labute approximate surface area is 95.0 Å². The summed E-state index contributed by atoms with van der Waals surface area (Å²) in [6.45, 7) is 0. The molecule has 0 aromatic rings. The first kappa shape index (κ1) is 14.2. The topological polar surface area (TPSA) is 171 Å². The Morgan fingerprint density at radius 1 is 1.18 bits per heavy atom. The van der Waals surface area contributed by atoms with Crippen molar-refractivity contribution < 1.29 is 47.1 Å². The van der Waals surface area contributed by atoms with Gasteiger partial charge in [-0.1, -0.05) is 0 Å². The van der Waals surface area contributed by atoms with Gasteiger partial charge in [0.15, 0.2) is 18.5 Å². The molecule has 0 amide bonds. The molecule has 1 heterocycles. The standard InChI is InChI=1S/C6H10O10S/c7-1-2(8)4(16-17(12,13)14)6(11)15-3(1)5(9)10/h1-4,6-8,11H,(H,9,10)(H,12,13,14)/t1-,2-,3+,4-,6+/m0/s1. The Balaban J connectivity index is 2.87. The first-order valence-electron chi connectivity index (χ1n) is 4.21. The molecular weight excluding hydrogens is 264 g/mol. The van der Waals surface area contributed by atoms with Crippen LogP contribution in [0.25, 0.3) is 0 Å². The number of hydrogen-bond donors (Lipinski definition) is 5. The minimum absolute atomic E-state index is 1.67. The van der Waals surface area contributed by atoms with Crippen LogP contribution in [0.2, 0.25) is 0 Å². The molecule has 17 heavy (non-hydrogen) atoms. The van der Waals surface area contributed by atoms with Crippen molar-refractivity contribution in [2.24, 2.45) is 0 Å². The molecule has 0 radical (unpaired) electrons. The number of carbonyl (C=O) groups is 1. The maximum Gasteiger partial charge on any atom is 0.397 e. The van der Waals surface area contributed by atoms with Gasteiger partial charge in [-0.3, -0.25) is 4.55 Å². The second-order valence-corrected chi connectivity index (χ2v) is 4.30. The SMILES string of the molecule is O=C(O)[C@@H]1O[C@@H](O)[C@@H](OS(=O)(=O)O)[C@@H](O)[C@@H]1O. The van der Waals surface area contributed by atoms with Crippen LogP contribution in [0, 0.1) is 0 Å². The van der Waals surface area contributed by atoms with E-state index in [0.717, 1.165) is 0 Å². The summed E-state index contributed by atoms with van der Waals surface area (Å²) in [5.74, 6) is -1.67. The van der Waals surface area contributed by atoms with E-state index in [1.54, 1.807) is 0 Å². The molecule has 0 spiro atoms. The highest BCUT2D eigenvalue weighted by molar-refractivity contribution is 7.80. The van der Waals surface area contributed by atoms with Gasteiger partial charge in [-0.2, -0.15) is 8.42 Å². The lowest BCUT2D eigenvalue weighted by Crippen LogP contribution is -2.60. The Kier molecular flexibility index (Phi) is 4.03. The Morgan fingerprint density at radius 2 is 1.71 bits per heavy atom. The van der Waals surface area contributed by atoms with E-state index in [1.165, 1.54) is 0 Å². The molecular formula is C6H10O10S. The summed E-state index contributed by atoms with van der Waals surface area (Å²) in [4.78, 5) is 10.5. The highest BCUT2D eigenvalue weighted by Gasteiger charge is 2.49. The van der Waals surface area contributed by atoms with Gasteiger partial charge < -0.3 is 25.2 Å². The van der Waals surface area contributed by atoms with Gasteiger partial charge in [-0.15, -0.1) is 0 Å².